The van der Waals surface area contributed by atoms with Crippen LogP contribution in [0.15, 0.2) is 0 Å². The molecule has 2 rings (SSSR count). The average Bonchev–Trinajstić information content (AvgIpc) is 2.69. The van der Waals surface area contributed by atoms with Crippen molar-refractivity contribution in [3.8, 4) is 0 Å². The van der Waals surface area contributed by atoms with Crippen LogP contribution < -0.4 is 4.90 Å². The summed E-state index contributed by atoms with van der Waals surface area (Å²) in [6.07, 6.45) is 1.27. The van der Waals surface area contributed by atoms with Gasteiger partial charge in [-0.15, -0.1) is 0 Å². The Morgan fingerprint density at radius 2 is 2.28 bits per heavy atom. The average molecular weight is 308 g/mol. The fraction of sp³-hybridized carbons (Fsp3) is 0.700. The van der Waals surface area contributed by atoms with Gasteiger partial charge in [-0.05, 0) is 6.92 Å². The highest BCUT2D eigenvalue weighted by Crippen LogP contribution is 2.31. The maximum absolute atomic E-state index is 11.8. The van der Waals surface area contributed by atoms with E-state index >= 15 is 0 Å². The standard InChI is InChI=1S/C10H16N2O3S3/c1-7-8(5-13)17-10(11-7)12-3-4-16-6-9(12)18(2,14)15/h9,13H,3-6H2,1-2H3. The van der Waals surface area contributed by atoms with Crippen molar-refractivity contribution in [3.63, 3.8) is 0 Å². The van der Waals surface area contributed by atoms with Gasteiger partial charge in [-0.3, -0.25) is 0 Å². The molecule has 0 spiro atoms. The van der Waals surface area contributed by atoms with Crippen molar-refractivity contribution in [1.29, 1.82) is 0 Å². The minimum absolute atomic E-state index is 0.0460. The van der Waals surface area contributed by atoms with Crippen molar-refractivity contribution in [2.45, 2.75) is 18.9 Å². The summed E-state index contributed by atoms with van der Waals surface area (Å²) in [4.78, 5) is 7.03. The highest BCUT2D eigenvalue weighted by molar-refractivity contribution is 8.01. The van der Waals surface area contributed by atoms with Gasteiger partial charge in [0, 0.05) is 24.3 Å². The zero-order valence-electron chi connectivity index (χ0n) is 10.3. The summed E-state index contributed by atoms with van der Waals surface area (Å²) < 4.78 is 23.6. The SMILES string of the molecule is Cc1nc(N2CCSCC2S(C)(=O)=O)sc1CO. The number of aromatic nitrogens is 1. The van der Waals surface area contributed by atoms with Gasteiger partial charge in [0.25, 0.3) is 0 Å². The molecule has 0 aliphatic carbocycles. The maximum atomic E-state index is 11.8. The first-order chi connectivity index (χ1) is 8.43. The second-order valence-electron chi connectivity index (χ2n) is 4.22. The van der Waals surface area contributed by atoms with Gasteiger partial charge in [0.1, 0.15) is 5.37 Å². The number of aliphatic hydroxyl groups is 1. The van der Waals surface area contributed by atoms with Crippen molar-refractivity contribution >= 4 is 38.1 Å². The van der Waals surface area contributed by atoms with E-state index in [0.29, 0.717) is 17.4 Å². The number of hydrogen-bond acceptors (Lipinski definition) is 7. The van der Waals surface area contributed by atoms with Gasteiger partial charge in [0.2, 0.25) is 0 Å². The van der Waals surface area contributed by atoms with Crippen LogP contribution in [0.5, 0.6) is 0 Å². The first-order valence-corrected chi connectivity index (χ1v) is 9.46. The van der Waals surface area contributed by atoms with Crippen molar-refractivity contribution in [3.05, 3.63) is 10.6 Å². The lowest BCUT2D eigenvalue weighted by Gasteiger charge is -2.33. The van der Waals surface area contributed by atoms with Crippen molar-refractivity contribution in [2.24, 2.45) is 0 Å². The molecule has 0 saturated carbocycles. The van der Waals surface area contributed by atoms with Crippen LogP contribution in [0, 0.1) is 6.92 Å². The summed E-state index contributed by atoms with van der Waals surface area (Å²) >= 11 is 3.03. The van der Waals surface area contributed by atoms with Crippen LogP contribution in [-0.2, 0) is 16.4 Å². The Kier molecular flexibility index (Phi) is 4.20. The molecule has 1 fully saturated rings. The molecule has 0 bridgehead atoms. The van der Waals surface area contributed by atoms with Crippen molar-refractivity contribution < 1.29 is 13.5 Å². The number of sulfone groups is 1. The van der Waals surface area contributed by atoms with Gasteiger partial charge in [-0.25, -0.2) is 13.4 Å². The molecule has 1 aromatic heterocycles. The van der Waals surface area contributed by atoms with E-state index in [2.05, 4.69) is 4.98 Å². The second-order valence-corrected chi connectivity index (χ2v) is 8.63. The molecule has 0 aromatic carbocycles. The number of rotatable bonds is 3. The normalized spacial score (nSPS) is 21.3. The lowest BCUT2D eigenvalue weighted by Crippen LogP contribution is -2.47. The molecule has 1 saturated heterocycles. The molecule has 8 heteroatoms. The minimum atomic E-state index is -3.12. The second kappa shape index (κ2) is 5.36. The molecule has 5 nitrogen and oxygen atoms in total. The Labute approximate surface area is 115 Å². The van der Waals surface area contributed by atoms with Crippen LogP contribution in [0.3, 0.4) is 0 Å². The number of thiazole rings is 1. The summed E-state index contributed by atoms with van der Waals surface area (Å²) in [6, 6.07) is 0. The quantitative estimate of drug-likeness (QED) is 0.893. The molecule has 1 aromatic rings. The molecule has 0 radical (unpaired) electrons. The monoisotopic (exact) mass is 308 g/mol. The third-order valence-electron chi connectivity index (χ3n) is 2.85. The molecule has 1 unspecified atom stereocenters. The third kappa shape index (κ3) is 2.81. The molecule has 1 N–H and O–H groups in total. The van der Waals surface area contributed by atoms with E-state index in [4.69, 9.17) is 0 Å². The van der Waals surface area contributed by atoms with E-state index < -0.39 is 15.2 Å². The molecule has 102 valence electrons. The van der Waals surface area contributed by atoms with Gasteiger partial charge < -0.3 is 10.0 Å². The number of nitrogens with zero attached hydrogens (tertiary/aromatic N) is 2. The molecule has 1 atom stereocenters. The Morgan fingerprint density at radius 3 is 2.83 bits per heavy atom. The fourth-order valence-electron chi connectivity index (χ4n) is 1.84. The van der Waals surface area contributed by atoms with Crippen molar-refractivity contribution in [1.82, 2.24) is 4.98 Å². The highest BCUT2D eigenvalue weighted by Gasteiger charge is 2.33. The van der Waals surface area contributed by atoms with Crippen LogP contribution in [0.4, 0.5) is 5.13 Å². The van der Waals surface area contributed by atoms with Gasteiger partial charge in [0.15, 0.2) is 15.0 Å². The molecule has 2 heterocycles. The third-order valence-corrected chi connectivity index (χ3v) is 6.67. The first kappa shape index (κ1) is 14.1. The van der Waals surface area contributed by atoms with Crippen molar-refractivity contribution in [2.75, 3.05) is 29.2 Å². The molecule has 18 heavy (non-hydrogen) atoms. The molecule has 1 aliphatic heterocycles. The number of anilines is 1. The van der Waals surface area contributed by atoms with E-state index in [-0.39, 0.29) is 6.61 Å². The smallest absolute Gasteiger partial charge is 0.186 e. The van der Waals surface area contributed by atoms with Gasteiger partial charge >= 0.3 is 0 Å². The summed E-state index contributed by atoms with van der Waals surface area (Å²) in [5.41, 5.74) is 0.781. The predicted molar refractivity (Wildman–Crippen MR) is 76.1 cm³/mol. The summed E-state index contributed by atoms with van der Waals surface area (Å²) in [5.74, 6) is 1.48. The van der Waals surface area contributed by atoms with E-state index in [1.165, 1.54) is 17.6 Å². The van der Waals surface area contributed by atoms with Crippen LogP contribution in [0.1, 0.15) is 10.6 Å². The molecular weight excluding hydrogens is 292 g/mol. The van der Waals surface area contributed by atoms with Gasteiger partial charge in [-0.1, -0.05) is 11.3 Å². The highest BCUT2D eigenvalue weighted by atomic mass is 32.2. The van der Waals surface area contributed by atoms with E-state index in [0.717, 1.165) is 16.3 Å². The van der Waals surface area contributed by atoms with E-state index in [1.54, 1.807) is 11.8 Å². The minimum Gasteiger partial charge on any atom is -0.391 e. The van der Waals surface area contributed by atoms with Gasteiger partial charge in [0.05, 0.1) is 17.2 Å². The summed E-state index contributed by atoms with van der Waals surface area (Å²) in [6.45, 7) is 2.47. The lowest BCUT2D eigenvalue weighted by molar-refractivity contribution is 0.284. The predicted octanol–water partition coefficient (Wildman–Crippen LogP) is 0.868. The number of aryl methyl sites for hydroxylation is 1. The van der Waals surface area contributed by atoms with E-state index in [1.807, 2.05) is 11.8 Å². The van der Waals surface area contributed by atoms with Crippen LogP contribution in [0.2, 0.25) is 0 Å². The zero-order valence-corrected chi connectivity index (χ0v) is 12.7. The molecule has 1 aliphatic rings. The van der Waals surface area contributed by atoms with Crippen LogP contribution in [-0.4, -0.2) is 48.2 Å². The summed E-state index contributed by atoms with van der Waals surface area (Å²) in [5, 5.41) is 9.38. The number of aliphatic hydroxyl groups excluding tert-OH is 1. The fourth-order valence-corrected chi connectivity index (χ4v) is 5.72. The molecular formula is C10H16N2O3S3. The lowest BCUT2D eigenvalue weighted by atomic mass is 10.4. The largest absolute Gasteiger partial charge is 0.391 e. The Balaban J connectivity index is 2.34. The Morgan fingerprint density at radius 1 is 1.56 bits per heavy atom. The number of hydrogen-bond donors (Lipinski definition) is 1. The zero-order chi connectivity index (χ0) is 13.3. The van der Waals surface area contributed by atoms with Crippen LogP contribution >= 0.6 is 23.1 Å². The topological polar surface area (TPSA) is 70.5 Å². The van der Waals surface area contributed by atoms with E-state index in [9.17, 15) is 13.5 Å². The Hall–Kier alpha value is -0.310. The van der Waals surface area contributed by atoms with Crippen LogP contribution in [0.25, 0.3) is 0 Å². The summed E-state index contributed by atoms with van der Waals surface area (Å²) in [7, 11) is -3.12. The Bertz CT molecular complexity index is 526. The van der Waals surface area contributed by atoms with Gasteiger partial charge in [-0.2, -0.15) is 11.8 Å². The first-order valence-electron chi connectivity index (χ1n) is 5.54. The number of thioether (sulfide) groups is 1. The maximum Gasteiger partial charge on any atom is 0.186 e. The molecule has 0 amide bonds.